The normalized spacial score (nSPS) is 17.0. The van der Waals surface area contributed by atoms with Crippen molar-refractivity contribution in [3.8, 4) is 0 Å². The number of rotatable bonds is 3. The predicted molar refractivity (Wildman–Crippen MR) is 103 cm³/mol. The fourth-order valence-electron chi connectivity index (χ4n) is 1.79. The van der Waals surface area contributed by atoms with Gasteiger partial charge in [0.2, 0.25) is 0 Å². The maximum Gasteiger partial charge on any atom is 0.286 e. The minimum absolute atomic E-state index is 0.241. The van der Waals surface area contributed by atoms with Gasteiger partial charge in [-0.2, -0.15) is 10.1 Å². The molecule has 1 aliphatic heterocycles. The van der Waals surface area contributed by atoms with Crippen LogP contribution in [-0.4, -0.2) is 21.5 Å². The first-order valence-electron chi connectivity index (χ1n) is 6.35. The summed E-state index contributed by atoms with van der Waals surface area (Å²) < 4.78 is 0.388. The van der Waals surface area contributed by atoms with Gasteiger partial charge in [-0.3, -0.25) is 4.79 Å². The summed E-state index contributed by atoms with van der Waals surface area (Å²) in [7, 11) is 0. The number of carbonyl (C=O) groups excluding carboxylic acids is 1. The fourth-order valence-corrected chi connectivity index (χ4v) is 4.14. The van der Waals surface area contributed by atoms with E-state index in [0.29, 0.717) is 24.8 Å². The minimum Gasteiger partial charge on any atom is -0.266 e. The topological polar surface area (TPSA) is 32.7 Å². The Hall–Kier alpha value is -1.18. The zero-order chi connectivity index (χ0) is 16.4. The molecule has 0 aliphatic carbocycles. The van der Waals surface area contributed by atoms with Crippen LogP contribution in [-0.2, 0) is 4.79 Å². The summed E-state index contributed by atoms with van der Waals surface area (Å²) in [4.78, 5) is 13.9. The van der Waals surface area contributed by atoms with E-state index in [1.165, 1.54) is 23.0 Å². The quantitative estimate of drug-likeness (QED) is 0.399. The van der Waals surface area contributed by atoms with Crippen LogP contribution < -0.4 is 0 Å². The summed E-state index contributed by atoms with van der Waals surface area (Å²) in [6.45, 7) is 0. The van der Waals surface area contributed by atoms with Crippen LogP contribution in [0.15, 0.2) is 45.7 Å². The third kappa shape index (κ3) is 3.84. The van der Waals surface area contributed by atoms with Crippen molar-refractivity contribution in [3.05, 3.63) is 61.1 Å². The van der Waals surface area contributed by atoms with Gasteiger partial charge in [-0.25, -0.2) is 0 Å². The predicted octanol–water partition coefficient (Wildman–Crippen LogP) is 5.29. The first-order chi connectivity index (χ1) is 11.0. The third-order valence-electron chi connectivity index (χ3n) is 2.86. The molecule has 1 aliphatic rings. The summed E-state index contributed by atoms with van der Waals surface area (Å²) in [6, 6.07) is 8.92. The number of nitrogens with zero attached hydrogens (tertiary/aromatic N) is 2. The Labute approximate surface area is 156 Å². The molecule has 0 radical (unpaired) electrons. The van der Waals surface area contributed by atoms with E-state index in [1.807, 2.05) is 23.6 Å². The second-order valence-electron chi connectivity index (χ2n) is 4.42. The van der Waals surface area contributed by atoms with Crippen molar-refractivity contribution in [1.29, 1.82) is 0 Å². The van der Waals surface area contributed by atoms with Crippen LogP contribution in [0.5, 0.6) is 0 Å². The molecule has 0 spiro atoms. The number of amides is 1. The molecule has 23 heavy (non-hydrogen) atoms. The largest absolute Gasteiger partial charge is 0.286 e. The average Bonchev–Trinajstić information content (AvgIpc) is 3.09. The Kier molecular flexibility index (Phi) is 5.18. The zero-order valence-corrected chi connectivity index (χ0v) is 15.4. The van der Waals surface area contributed by atoms with Gasteiger partial charge in [-0.1, -0.05) is 47.1 Å². The highest BCUT2D eigenvalue weighted by Gasteiger charge is 2.32. The number of halogens is 2. The molecule has 116 valence electrons. The number of thiocarbonyl (C=S) groups is 1. The number of hydrogen-bond acceptors (Lipinski definition) is 5. The number of hydrazone groups is 1. The molecular formula is C15H8Cl2N2OS3. The van der Waals surface area contributed by atoms with Crippen LogP contribution in [0.4, 0.5) is 0 Å². The molecule has 0 bridgehead atoms. The zero-order valence-electron chi connectivity index (χ0n) is 11.4. The van der Waals surface area contributed by atoms with E-state index in [9.17, 15) is 4.79 Å². The summed E-state index contributed by atoms with van der Waals surface area (Å²) in [5.41, 5.74) is 0.660. The first-order valence-corrected chi connectivity index (χ1v) is 9.21. The molecule has 3 rings (SSSR count). The second-order valence-corrected chi connectivity index (χ2v) is 7.92. The van der Waals surface area contributed by atoms with Gasteiger partial charge in [-0.15, -0.1) is 11.3 Å². The van der Waals surface area contributed by atoms with Gasteiger partial charge in [0.1, 0.15) is 0 Å². The summed E-state index contributed by atoms with van der Waals surface area (Å²) in [5.74, 6) is -0.241. The lowest BCUT2D eigenvalue weighted by Gasteiger charge is -2.06. The maximum atomic E-state index is 12.4. The lowest BCUT2D eigenvalue weighted by atomic mass is 10.2. The fraction of sp³-hybridized carbons (Fsp3) is 0. The van der Waals surface area contributed by atoms with Crippen molar-refractivity contribution in [1.82, 2.24) is 5.01 Å². The molecule has 2 aromatic rings. The monoisotopic (exact) mass is 398 g/mol. The van der Waals surface area contributed by atoms with Crippen LogP contribution in [0.1, 0.15) is 10.4 Å². The van der Waals surface area contributed by atoms with E-state index >= 15 is 0 Å². The maximum absolute atomic E-state index is 12.4. The Balaban J connectivity index is 1.82. The average molecular weight is 399 g/mol. The molecule has 8 heteroatoms. The standard InChI is InChI=1S/C15H8Cl2N2OS3/c16-10-4-3-9(12(17)6-10)8-18-19-14(20)13(23-15(19)21)7-11-2-1-5-22-11/h1-8H. The molecule has 1 saturated heterocycles. The van der Waals surface area contributed by atoms with E-state index in [1.54, 1.807) is 29.5 Å². The Morgan fingerprint density at radius 1 is 1.26 bits per heavy atom. The van der Waals surface area contributed by atoms with E-state index in [4.69, 9.17) is 35.4 Å². The Morgan fingerprint density at radius 2 is 2.09 bits per heavy atom. The smallest absolute Gasteiger partial charge is 0.266 e. The van der Waals surface area contributed by atoms with Gasteiger partial charge >= 0.3 is 0 Å². The third-order valence-corrected chi connectivity index (χ3v) is 5.53. The van der Waals surface area contributed by atoms with Crippen LogP contribution >= 0.6 is 58.5 Å². The summed E-state index contributed by atoms with van der Waals surface area (Å²) in [5, 5.41) is 8.31. The summed E-state index contributed by atoms with van der Waals surface area (Å²) >= 11 is 19.9. The second kappa shape index (κ2) is 7.15. The number of carbonyl (C=O) groups is 1. The van der Waals surface area contributed by atoms with Crippen molar-refractivity contribution in [3.63, 3.8) is 0 Å². The number of hydrogen-bond donors (Lipinski definition) is 0. The van der Waals surface area contributed by atoms with Crippen molar-refractivity contribution in [2.24, 2.45) is 5.10 Å². The van der Waals surface area contributed by atoms with Crippen LogP contribution in [0.3, 0.4) is 0 Å². The molecule has 1 aromatic heterocycles. The van der Waals surface area contributed by atoms with Crippen LogP contribution in [0.2, 0.25) is 10.0 Å². The SMILES string of the molecule is O=C1C(=Cc2cccs2)SC(=S)N1N=Cc1ccc(Cl)cc1Cl. The van der Waals surface area contributed by atoms with Crippen molar-refractivity contribution in [2.75, 3.05) is 0 Å². The van der Waals surface area contributed by atoms with E-state index in [0.717, 1.165) is 4.88 Å². The van der Waals surface area contributed by atoms with E-state index < -0.39 is 0 Å². The van der Waals surface area contributed by atoms with Gasteiger partial charge < -0.3 is 0 Å². The summed E-state index contributed by atoms with van der Waals surface area (Å²) in [6.07, 6.45) is 3.31. The molecule has 0 atom stereocenters. The van der Waals surface area contributed by atoms with Crippen LogP contribution in [0, 0.1) is 0 Å². The van der Waals surface area contributed by atoms with Gasteiger partial charge in [0.05, 0.1) is 16.1 Å². The number of thiophene rings is 1. The molecule has 0 N–H and O–H groups in total. The molecule has 0 saturated carbocycles. The molecular weight excluding hydrogens is 391 g/mol. The first kappa shape index (κ1) is 16.7. The van der Waals surface area contributed by atoms with Crippen LogP contribution in [0.25, 0.3) is 6.08 Å². The molecule has 1 amide bonds. The molecule has 3 nitrogen and oxygen atoms in total. The lowest BCUT2D eigenvalue weighted by molar-refractivity contribution is -0.122. The Bertz CT molecular complexity index is 831. The van der Waals surface area contributed by atoms with Gasteiger partial charge in [-0.05, 0) is 41.9 Å². The highest BCUT2D eigenvalue weighted by molar-refractivity contribution is 8.26. The van der Waals surface area contributed by atoms with E-state index in [-0.39, 0.29) is 5.91 Å². The van der Waals surface area contributed by atoms with Gasteiger partial charge in [0.25, 0.3) is 5.91 Å². The van der Waals surface area contributed by atoms with Crippen molar-refractivity contribution < 1.29 is 4.79 Å². The molecule has 2 heterocycles. The lowest BCUT2D eigenvalue weighted by Crippen LogP contribution is -2.22. The van der Waals surface area contributed by atoms with Gasteiger partial charge in [0.15, 0.2) is 4.32 Å². The number of thioether (sulfide) groups is 1. The highest BCUT2D eigenvalue weighted by Crippen LogP contribution is 2.33. The Morgan fingerprint density at radius 3 is 2.78 bits per heavy atom. The van der Waals surface area contributed by atoms with Crippen molar-refractivity contribution >= 4 is 81.0 Å². The molecule has 1 fully saturated rings. The van der Waals surface area contributed by atoms with Crippen molar-refractivity contribution in [2.45, 2.75) is 0 Å². The highest BCUT2D eigenvalue weighted by atomic mass is 35.5. The van der Waals surface area contributed by atoms with E-state index in [2.05, 4.69) is 5.10 Å². The number of benzene rings is 1. The molecule has 1 aromatic carbocycles. The van der Waals surface area contributed by atoms with Gasteiger partial charge in [0, 0.05) is 15.5 Å². The molecule has 0 unspecified atom stereocenters. The minimum atomic E-state index is -0.241.